The topological polar surface area (TPSA) is 403 Å². The second-order valence-electron chi connectivity index (χ2n) is 21.4. The Morgan fingerprint density at radius 2 is 0.887 bits per heavy atom. The number of aliphatic hydroxyl groups excluding tert-OH is 19. The second kappa shape index (κ2) is 34.7. The number of methoxy groups -OCH3 is 1. The fourth-order valence-electron chi connectivity index (χ4n) is 9.87. The van der Waals surface area contributed by atoms with E-state index < -0.39 is 153 Å². The van der Waals surface area contributed by atoms with E-state index in [0.29, 0.717) is 19.3 Å². The van der Waals surface area contributed by atoms with Gasteiger partial charge in [0.15, 0.2) is 5.79 Å². The van der Waals surface area contributed by atoms with Crippen LogP contribution >= 0.6 is 0 Å². The Morgan fingerprint density at radius 3 is 1.39 bits per heavy atom. The number of ether oxygens (including phenoxy) is 2. The number of hydrogen-bond acceptors (Lipinski definition) is 21. The maximum Gasteiger partial charge on any atom is 0.199 e. The first-order valence-corrected chi connectivity index (χ1v) is 26.2. The molecule has 16 unspecified atom stereocenters. The molecule has 1 heterocycles. The highest BCUT2D eigenvalue weighted by Gasteiger charge is 2.55. The highest BCUT2D eigenvalue weighted by atomic mass is 16.7. The van der Waals surface area contributed by atoms with E-state index in [4.69, 9.17) is 9.47 Å². The van der Waals surface area contributed by atoms with Crippen LogP contribution in [0.2, 0.25) is 0 Å². The molecule has 1 saturated heterocycles. The summed E-state index contributed by atoms with van der Waals surface area (Å²) in [5.41, 5.74) is 0. The molecule has 0 bridgehead atoms. The minimum absolute atomic E-state index is 0.00119. The molecule has 71 heavy (non-hydrogen) atoms. The third-order valence-corrected chi connectivity index (χ3v) is 14.7. The van der Waals surface area contributed by atoms with E-state index in [1.54, 1.807) is 0 Å². The van der Waals surface area contributed by atoms with Gasteiger partial charge >= 0.3 is 0 Å². The van der Waals surface area contributed by atoms with E-state index in [1.807, 2.05) is 13.8 Å². The van der Waals surface area contributed by atoms with Crippen molar-refractivity contribution in [3.8, 4) is 0 Å². The molecule has 21 heteroatoms. The Morgan fingerprint density at radius 1 is 0.451 bits per heavy atom. The van der Waals surface area contributed by atoms with Crippen molar-refractivity contribution < 1.29 is 106 Å². The highest BCUT2D eigenvalue weighted by molar-refractivity contribution is 5.00. The van der Waals surface area contributed by atoms with Crippen molar-refractivity contribution in [3.05, 3.63) is 0 Å². The summed E-state index contributed by atoms with van der Waals surface area (Å²) in [4.78, 5) is 0. The maximum atomic E-state index is 10.9. The summed E-state index contributed by atoms with van der Waals surface area (Å²) in [5.74, 6) is -3.82. The van der Waals surface area contributed by atoms with Crippen LogP contribution < -0.4 is 0 Å². The van der Waals surface area contributed by atoms with Gasteiger partial charge in [0.2, 0.25) is 0 Å². The summed E-state index contributed by atoms with van der Waals surface area (Å²) in [6.07, 6.45) is -24.5. The summed E-state index contributed by atoms with van der Waals surface area (Å²) in [6.45, 7) is 8.84. The average Bonchev–Trinajstić information content (AvgIpc) is 3.30. The zero-order valence-corrected chi connectivity index (χ0v) is 43.2. The van der Waals surface area contributed by atoms with Crippen LogP contribution in [0.1, 0.15) is 157 Å². The van der Waals surface area contributed by atoms with Gasteiger partial charge in [-0.05, 0) is 56.8 Å². The standard InChI is InChI=1S/C50H100O21/c1-7-8-9-10-11-12-13-14-15-31(52)25-50(70-6)49(69)48(68)46(66)42(71-50)24-41(62)45(65)47(67)44(64)40(61)23-34(55)19-32(53)18-33(54)20-36(57)29(4)43(63)30(5)37(58)21-35(56)22-39(60)38(59)17-27(2)16-28(3)26-51/h27-49,51-69H,7-26H2,1-6H3/t27-,28+,29?,30?,31-,32?,33?,34?,35?,36?,37?,38?,39?,40?,41?,42-,43?,44?,45?,46-,47?,48+,49+,50+/m1/s1. The molecule has 1 rings (SSSR count). The van der Waals surface area contributed by atoms with Crippen molar-refractivity contribution in [3.63, 3.8) is 0 Å². The van der Waals surface area contributed by atoms with Crippen LogP contribution in [0.25, 0.3) is 0 Å². The zero-order valence-electron chi connectivity index (χ0n) is 43.2. The van der Waals surface area contributed by atoms with Gasteiger partial charge in [0, 0.05) is 51.2 Å². The van der Waals surface area contributed by atoms with Crippen molar-refractivity contribution in [1.29, 1.82) is 0 Å². The van der Waals surface area contributed by atoms with Crippen LogP contribution in [0.3, 0.4) is 0 Å². The molecular weight excluding hydrogens is 937 g/mol. The smallest absolute Gasteiger partial charge is 0.199 e. The molecule has 1 aliphatic rings. The number of hydrogen-bond donors (Lipinski definition) is 19. The molecule has 0 saturated carbocycles. The fraction of sp³-hybridized carbons (Fsp3) is 1.00. The monoisotopic (exact) mass is 1040 g/mol. The largest absolute Gasteiger partial charge is 0.396 e. The SMILES string of the molecule is CCCCCCCCCC[C@@H](O)C[C@]1(OC)O[C@H](CC(O)C(O)C(O)C(O)C(O)CC(O)CC(O)CC(O)CC(O)C(C)C(O)C(C)C(O)CC(O)CC(O)C(O)C[C@H](C)C[C@H](C)CO)[C@@H](O)[C@H](O)[C@@H]1O. The van der Waals surface area contributed by atoms with Gasteiger partial charge in [0.1, 0.15) is 36.6 Å². The average molecular weight is 1040 g/mol. The second-order valence-corrected chi connectivity index (χ2v) is 21.4. The van der Waals surface area contributed by atoms with E-state index in [0.717, 1.165) is 39.2 Å². The van der Waals surface area contributed by atoms with Crippen LogP contribution in [0.5, 0.6) is 0 Å². The van der Waals surface area contributed by atoms with Crippen molar-refractivity contribution in [2.45, 2.75) is 278 Å². The van der Waals surface area contributed by atoms with Gasteiger partial charge in [0.25, 0.3) is 0 Å². The fourth-order valence-corrected chi connectivity index (χ4v) is 9.87. The lowest BCUT2D eigenvalue weighted by Crippen LogP contribution is -2.66. The third-order valence-electron chi connectivity index (χ3n) is 14.7. The number of rotatable bonds is 40. The summed E-state index contributed by atoms with van der Waals surface area (Å²) in [6, 6.07) is 0. The van der Waals surface area contributed by atoms with Gasteiger partial charge < -0.3 is 106 Å². The lowest BCUT2D eigenvalue weighted by atomic mass is 9.82. The Balaban J connectivity index is 2.66. The molecule has 0 aromatic carbocycles. The van der Waals surface area contributed by atoms with E-state index in [9.17, 15) is 97.0 Å². The molecule has 19 N–H and O–H groups in total. The lowest BCUT2D eigenvalue weighted by Gasteiger charge is -2.49. The molecule has 0 spiro atoms. The maximum absolute atomic E-state index is 10.9. The van der Waals surface area contributed by atoms with E-state index >= 15 is 0 Å². The lowest BCUT2D eigenvalue weighted by molar-refractivity contribution is -0.364. The molecule has 0 amide bonds. The summed E-state index contributed by atoms with van der Waals surface area (Å²) >= 11 is 0. The molecular formula is C50H100O21. The highest BCUT2D eigenvalue weighted by Crippen LogP contribution is 2.37. The van der Waals surface area contributed by atoms with Crippen molar-refractivity contribution in [2.24, 2.45) is 23.7 Å². The van der Waals surface area contributed by atoms with Gasteiger partial charge in [-0.15, -0.1) is 0 Å². The molecule has 426 valence electrons. The Hall–Kier alpha value is -0.840. The van der Waals surface area contributed by atoms with E-state index in [1.165, 1.54) is 26.7 Å². The van der Waals surface area contributed by atoms with Gasteiger partial charge in [-0.25, -0.2) is 0 Å². The quantitative estimate of drug-likeness (QED) is 0.0301. The van der Waals surface area contributed by atoms with Gasteiger partial charge in [-0.2, -0.15) is 0 Å². The van der Waals surface area contributed by atoms with E-state index in [-0.39, 0.29) is 57.0 Å². The summed E-state index contributed by atoms with van der Waals surface area (Å²) in [5, 5.41) is 202. The molecule has 0 radical (unpaired) electrons. The normalized spacial score (nSPS) is 28.2. The predicted octanol–water partition coefficient (Wildman–Crippen LogP) is -1.81. The first kappa shape index (κ1) is 68.2. The Labute approximate surface area is 421 Å². The Kier molecular flexibility index (Phi) is 33.4. The van der Waals surface area contributed by atoms with Crippen LogP contribution in [0, 0.1) is 23.7 Å². The first-order valence-electron chi connectivity index (χ1n) is 26.2. The van der Waals surface area contributed by atoms with Crippen molar-refractivity contribution >= 4 is 0 Å². The molecule has 21 nitrogen and oxygen atoms in total. The Bertz CT molecular complexity index is 1340. The zero-order chi connectivity index (χ0) is 54.3. The van der Waals surface area contributed by atoms with Crippen molar-refractivity contribution in [1.82, 2.24) is 0 Å². The number of aliphatic hydroxyl groups is 19. The van der Waals surface area contributed by atoms with Crippen LogP contribution in [0.15, 0.2) is 0 Å². The predicted molar refractivity (Wildman–Crippen MR) is 260 cm³/mol. The van der Waals surface area contributed by atoms with E-state index in [2.05, 4.69) is 6.92 Å². The third kappa shape index (κ3) is 23.9. The first-order chi connectivity index (χ1) is 33.2. The summed E-state index contributed by atoms with van der Waals surface area (Å²) in [7, 11) is 1.16. The number of unbranched alkanes of at least 4 members (excludes halogenated alkanes) is 7. The molecule has 24 atom stereocenters. The van der Waals surface area contributed by atoms with Crippen LogP contribution in [-0.2, 0) is 9.47 Å². The van der Waals surface area contributed by atoms with Crippen LogP contribution in [0.4, 0.5) is 0 Å². The molecule has 0 aliphatic carbocycles. The molecule has 0 aromatic rings. The molecule has 1 fully saturated rings. The van der Waals surface area contributed by atoms with Gasteiger partial charge in [-0.1, -0.05) is 86.0 Å². The molecule has 1 aliphatic heterocycles. The molecule has 0 aromatic heterocycles. The minimum atomic E-state index is -2.25. The van der Waals surface area contributed by atoms with Gasteiger partial charge in [-0.3, -0.25) is 0 Å². The minimum Gasteiger partial charge on any atom is -0.396 e. The summed E-state index contributed by atoms with van der Waals surface area (Å²) < 4.78 is 11.3. The van der Waals surface area contributed by atoms with Crippen molar-refractivity contribution in [2.75, 3.05) is 13.7 Å². The van der Waals surface area contributed by atoms with Gasteiger partial charge in [0.05, 0.1) is 79.4 Å². The van der Waals surface area contributed by atoms with Crippen LogP contribution in [-0.4, -0.2) is 233 Å².